The van der Waals surface area contributed by atoms with Crippen molar-refractivity contribution in [3.63, 3.8) is 0 Å². The Morgan fingerprint density at radius 3 is 2.66 bits per heavy atom. The van der Waals surface area contributed by atoms with Crippen molar-refractivity contribution < 1.29 is 38.5 Å². The number of nitrogens with two attached hydrogens (primary N) is 1. The van der Waals surface area contributed by atoms with Gasteiger partial charge in [0.25, 0.3) is 0 Å². The van der Waals surface area contributed by atoms with E-state index in [4.69, 9.17) is 19.9 Å². The minimum atomic E-state index is -3.12. The zero-order valence-electron chi connectivity index (χ0n) is 34.4. The molecule has 2 aromatic heterocycles. The second-order valence-corrected chi connectivity index (χ2v) is 25.1. The van der Waals surface area contributed by atoms with Crippen molar-refractivity contribution in [2.24, 2.45) is 17.1 Å². The second kappa shape index (κ2) is 18.8. The molecule has 14 heteroatoms. The summed E-state index contributed by atoms with van der Waals surface area (Å²) >= 11 is -3.12. The number of aromatic hydroxyl groups is 1. The number of fused-ring (bicyclic) bond motifs is 4. The molecule has 0 unspecified atom stereocenters. The number of aromatic nitrogens is 2. The number of aryl methyl sites for hydroxylation is 1. The molecule has 0 saturated carbocycles. The molecule has 2 amide bonds. The van der Waals surface area contributed by atoms with Crippen LogP contribution in [0, 0.1) is 11.3 Å². The van der Waals surface area contributed by atoms with Gasteiger partial charge in [0, 0.05) is 37.0 Å². The number of hydrogen-bond donors (Lipinski definition) is 4. The summed E-state index contributed by atoms with van der Waals surface area (Å²) in [5.41, 5.74) is 13.0. The average Bonchev–Trinajstić information content (AvgIpc) is 3.73. The molecule has 2 aliphatic rings. The predicted molar refractivity (Wildman–Crippen MR) is 223 cm³/mol. The first kappa shape index (κ1) is 43.3. The molecule has 5 N–H and O–H groups in total. The van der Waals surface area contributed by atoms with Crippen molar-refractivity contribution in [1.29, 1.82) is 0 Å². The van der Waals surface area contributed by atoms with Crippen LogP contribution < -0.4 is 16.4 Å². The maximum absolute atomic E-state index is 14.0. The summed E-state index contributed by atoms with van der Waals surface area (Å²) in [6, 6.07) is 11.5. The van der Waals surface area contributed by atoms with Gasteiger partial charge >= 0.3 is 240 Å². The van der Waals surface area contributed by atoms with Crippen LogP contribution in [-0.2, 0) is 59.4 Å². The van der Waals surface area contributed by atoms with E-state index in [0.29, 0.717) is 35.9 Å². The van der Waals surface area contributed by atoms with Gasteiger partial charge in [0.2, 0.25) is 0 Å². The Morgan fingerprint density at radius 1 is 1.16 bits per heavy atom. The zero-order chi connectivity index (χ0) is 41.7. The van der Waals surface area contributed by atoms with E-state index in [9.17, 15) is 24.3 Å². The van der Waals surface area contributed by atoms with Crippen LogP contribution in [0.25, 0.3) is 33.3 Å². The summed E-state index contributed by atoms with van der Waals surface area (Å²) in [5.74, 6) is -1.34. The smallest absolute Gasteiger partial charge is 0.0563 e. The zero-order valence-corrected chi connectivity index (χ0v) is 37.7. The minimum Gasteiger partial charge on any atom is -0.0563 e. The molecule has 1 saturated heterocycles. The van der Waals surface area contributed by atoms with Crippen LogP contribution in [0.2, 0.25) is 3.67 Å². The van der Waals surface area contributed by atoms with Gasteiger partial charge in [-0.3, -0.25) is 4.98 Å². The van der Waals surface area contributed by atoms with Crippen LogP contribution in [-0.4, -0.2) is 101 Å². The molecule has 0 spiro atoms. The molecular formula is C44H56InN5O8. The van der Waals surface area contributed by atoms with E-state index >= 15 is 0 Å². The van der Waals surface area contributed by atoms with E-state index < -0.39 is 54.5 Å². The molecule has 13 nitrogen and oxygen atoms in total. The number of pyridine rings is 1. The minimum absolute atomic E-state index is 0.0220. The van der Waals surface area contributed by atoms with Gasteiger partial charge in [0.15, 0.2) is 0 Å². The molecule has 1 fully saturated rings. The Balaban J connectivity index is 1.47. The number of nitrogens with one attached hydrogen (secondary N) is 2. The number of nitrogens with zero attached hydrogens (tertiary/aromatic N) is 2. The fraction of sp³-hybridized carbons (Fsp3) is 0.477. The summed E-state index contributed by atoms with van der Waals surface area (Å²) in [5, 5.41) is 18.1. The number of carbonyl (C=O) groups excluding carboxylic acids is 4. The molecule has 58 heavy (non-hydrogen) atoms. The number of phenolic OH excluding ortho intramolecular Hbond substituents is 1. The monoisotopic (exact) mass is 897 g/mol. The van der Waals surface area contributed by atoms with Gasteiger partial charge in [-0.15, -0.1) is 0 Å². The summed E-state index contributed by atoms with van der Waals surface area (Å²) in [6.45, 7) is 11.5. The van der Waals surface area contributed by atoms with Gasteiger partial charge in [-0.05, 0) is 25.0 Å². The Labute approximate surface area is 347 Å². The number of methoxy groups -OCH3 is 1. The number of carbonyl (C=O) groups is 4. The van der Waals surface area contributed by atoms with Crippen molar-refractivity contribution >= 4 is 53.7 Å². The van der Waals surface area contributed by atoms with Gasteiger partial charge in [-0.2, -0.15) is 0 Å². The normalized spacial score (nSPS) is 19.9. The molecule has 2 aliphatic heterocycles. The van der Waals surface area contributed by atoms with Crippen LogP contribution in [0.15, 0.2) is 54.9 Å². The van der Waals surface area contributed by atoms with Crippen LogP contribution in [0.3, 0.4) is 0 Å². The summed E-state index contributed by atoms with van der Waals surface area (Å²) in [7, 11) is 1.67. The van der Waals surface area contributed by atoms with E-state index in [1.54, 1.807) is 25.4 Å². The third-order valence-corrected chi connectivity index (χ3v) is 21.4. The fourth-order valence-corrected chi connectivity index (χ4v) is 16.7. The first-order valence-electron chi connectivity index (χ1n) is 20.2. The molecule has 2 aromatic carbocycles. The van der Waals surface area contributed by atoms with Crippen molar-refractivity contribution in [3.8, 4) is 28.1 Å². The number of esters is 1. The fourth-order valence-electron chi connectivity index (χ4n) is 8.43. The number of cyclic esters (lactones) is 1. The van der Waals surface area contributed by atoms with E-state index in [1.807, 2.05) is 38.2 Å². The van der Waals surface area contributed by atoms with Crippen molar-refractivity contribution in [3.05, 3.63) is 71.5 Å². The van der Waals surface area contributed by atoms with Crippen LogP contribution in [0.4, 0.5) is 0 Å². The van der Waals surface area contributed by atoms with Gasteiger partial charge in [0.1, 0.15) is 0 Å². The predicted octanol–water partition coefficient (Wildman–Crippen LogP) is 4.82. The Bertz CT molecular complexity index is 2170. The summed E-state index contributed by atoms with van der Waals surface area (Å²) in [6.07, 6.45) is 4.95. The number of rotatable bonds is 8. The van der Waals surface area contributed by atoms with Crippen molar-refractivity contribution in [1.82, 2.24) is 20.2 Å². The number of benzene rings is 2. The molecule has 4 bridgehead atoms. The van der Waals surface area contributed by atoms with Gasteiger partial charge in [-0.25, -0.2) is 0 Å². The molecule has 3 atom stereocenters. The molecule has 6 rings (SSSR count). The van der Waals surface area contributed by atoms with Crippen molar-refractivity contribution in [2.75, 3.05) is 31.2 Å². The molecule has 4 heterocycles. The maximum atomic E-state index is 14.0. The standard InChI is InChI=1S/C41H52N5O6.C3H4O2.In/c1-7-46-36-11-10-27-20-31(36)32(38(46)33-22-43-14-12-28(33)23-51-6)21-41(4,5)24-52-40(50)34(42)9-8-13-44-39(49)35(45-37(48)15-25(2)3)18-26-16-29(27)19-30(47)17-26;1-5-3-2-4;/h10-12,14-17,19-20,22,25,34-35,47H,7-9,13,18,21,23-24,42H2,1-6H3,(H,44,49)(H,45,48);1,3H2;/t34-,35-;;/m0../s1. The average molecular weight is 898 g/mol. The first-order chi connectivity index (χ1) is 27.7. The van der Waals surface area contributed by atoms with E-state index in [2.05, 4.69) is 53.1 Å². The van der Waals surface area contributed by atoms with Crippen LogP contribution in [0.1, 0.15) is 64.2 Å². The van der Waals surface area contributed by atoms with Crippen molar-refractivity contribution in [2.45, 2.75) is 89.2 Å². The third kappa shape index (κ3) is 9.78. The summed E-state index contributed by atoms with van der Waals surface area (Å²) < 4.78 is 19.2. The summed E-state index contributed by atoms with van der Waals surface area (Å²) in [4.78, 5) is 58.4. The Kier molecular flexibility index (Phi) is 14.0. The quantitative estimate of drug-likeness (QED) is 0.179. The number of amides is 2. The van der Waals surface area contributed by atoms with Gasteiger partial charge < -0.3 is 9.30 Å². The molecule has 0 aliphatic carbocycles. The first-order valence-corrected chi connectivity index (χ1v) is 26.1. The molecule has 4 aromatic rings. The van der Waals surface area contributed by atoms with Crippen LogP contribution in [0.5, 0.6) is 5.75 Å². The SMILES string of the molecule is CCn1c(-c2cnccc2COC)c2c3cc(ccc31)-c1cc(O)cc(c1)C[C@H](NC(=O)[C@H](C(C)C)[In]1[CH2]OC[C]1=O)C(=O)NCCC[C@H](N)C(=O)OCC(C)(C)C2. The molecule has 0 radical (unpaired) electrons. The van der Waals surface area contributed by atoms with E-state index in [1.165, 1.54) is 0 Å². The van der Waals surface area contributed by atoms with Gasteiger partial charge in [0.05, 0.1) is 18.9 Å². The number of phenols is 1. The Morgan fingerprint density at radius 2 is 1.95 bits per heavy atom. The van der Waals surface area contributed by atoms with Gasteiger partial charge in [-0.1, -0.05) is 13.8 Å². The number of hydrogen-bond acceptors (Lipinski definition) is 10. The number of ether oxygens (including phenoxy) is 3. The van der Waals surface area contributed by atoms with Crippen LogP contribution >= 0.6 is 0 Å². The van der Waals surface area contributed by atoms with E-state index in [0.717, 1.165) is 44.4 Å². The third-order valence-electron chi connectivity index (χ3n) is 11.3. The second-order valence-electron chi connectivity index (χ2n) is 16.8. The van der Waals surface area contributed by atoms with E-state index in [-0.39, 0.29) is 53.7 Å². The molecular weight excluding hydrogens is 841 g/mol. The molecule has 308 valence electrons. The Hall–Kier alpha value is -4.24. The topological polar surface area (TPSA) is 184 Å².